The zero-order valence-corrected chi connectivity index (χ0v) is 13.5. The number of benzene rings is 1. The molecule has 1 heterocycles. The first-order valence-electron chi connectivity index (χ1n) is 7.34. The van der Waals surface area contributed by atoms with Crippen molar-refractivity contribution in [1.29, 1.82) is 0 Å². The van der Waals surface area contributed by atoms with E-state index in [1.165, 1.54) is 11.3 Å². The van der Waals surface area contributed by atoms with Crippen molar-refractivity contribution in [1.82, 2.24) is 15.3 Å². The van der Waals surface area contributed by atoms with Gasteiger partial charge in [0.25, 0.3) is 0 Å². The van der Waals surface area contributed by atoms with Crippen molar-refractivity contribution in [3.05, 3.63) is 47.5 Å². The summed E-state index contributed by atoms with van der Waals surface area (Å²) in [6.07, 6.45) is 1.93. The third-order valence-corrected chi connectivity index (χ3v) is 3.56. The Morgan fingerprint density at radius 1 is 1.19 bits per heavy atom. The summed E-state index contributed by atoms with van der Waals surface area (Å²) in [4.78, 5) is 11.4. The molecule has 21 heavy (non-hydrogen) atoms. The Bertz CT molecular complexity index is 607. The summed E-state index contributed by atoms with van der Waals surface area (Å²) in [6.45, 7) is 7.08. The number of rotatable bonds is 5. The predicted molar refractivity (Wildman–Crippen MR) is 88.1 cm³/mol. The highest BCUT2D eigenvalue weighted by Gasteiger charge is 2.14. The Hall–Kier alpha value is -1.94. The molecule has 0 atom stereocenters. The van der Waals surface area contributed by atoms with Crippen LogP contribution < -0.4 is 10.2 Å². The Labute approximate surface area is 127 Å². The second-order valence-corrected chi connectivity index (χ2v) is 5.59. The maximum Gasteiger partial charge on any atom is 0.131 e. The largest absolute Gasteiger partial charge is 0.342 e. The van der Waals surface area contributed by atoms with Crippen LogP contribution >= 0.6 is 0 Å². The summed E-state index contributed by atoms with van der Waals surface area (Å²) in [5.74, 6) is 1.22. The molecule has 0 aliphatic rings. The van der Waals surface area contributed by atoms with Gasteiger partial charge in [0.2, 0.25) is 0 Å². The van der Waals surface area contributed by atoms with Gasteiger partial charge in [-0.05, 0) is 25.6 Å². The Morgan fingerprint density at radius 3 is 2.52 bits per heavy atom. The van der Waals surface area contributed by atoms with Gasteiger partial charge in [0, 0.05) is 25.2 Å². The lowest BCUT2D eigenvalue weighted by atomic mass is 10.1. The molecule has 0 saturated heterocycles. The van der Waals surface area contributed by atoms with Gasteiger partial charge < -0.3 is 10.2 Å². The standard InChI is InChI=1S/C17H24N4/c1-12(2)17-19-11-16(14(20-17)10-18-4)21(5)15-9-7-6-8-13(15)3/h6-9,11-12,18H,10H2,1-5H3. The van der Waals surface area contributed by atoms with Gasteiger partial charge in [-0.15, -0.1) is 0 Å². The van der Waals surface area contributed by atoms with E-state index in [4.69, 9.17) is 4.98 Å². The average molecular weight is 284 g/mol. The average Bonchev–Trinajstić information content (AvgIpc) is 2.47. The van der Waals surface area contributed by atoms with Crippen LogP contribution in [0.15, 0.2) is 30.5 Å². The minimum Gasteiger partial charge on any atom is -0.342 e. The van der Waals surface area contributed by atoms with Gasteiger partial charge in [-0.25, -0.2) is 9.97 Å². The first-order valence-corrected chi connectivity index (χ1v) is 7.34. The molecule has 0 bridgehead atoms. The van der Waals surface area contributed by atoms with Gasteiger partial charge in [-0.1, -0.05) is 32.0 Å². The molecular formula is C17H24N4. The molecule has 0 aliphatic carbocycles. The molecule has 0 unspecified atom stereocenters. The van der Waals surface area contributed by atoms with Crippen molar-refractivity contribution < 1.29 is 0 Å². The monoisotopic (exact) mass is 284 g/mol. The molecule has 0 aliphatic heterocycles. The molecule has 0 spiro atoms. The molecule has 112 valence electrons. The van der Waals surface area contributed by atoms with Gasteiger partial charge in [-0.2, -0.15) is 0 Å². The van der Waals surface area contributed by atoms with Crippen LogP contribution in [0.2, 0.25) is 0 Å². The minimum absolute atomic E-state index is 0.332. The first kappa shape index (κ1) is 15.4. The minimum atomic E-state index is 0.332. The summed E-state index contributed by atoms with van der Waals surface area (Å²) in [5.41, 5.74) is 4.49. The van der Waals surface area contributed by atoms with E-state index in [0.717, 1.165) is 23.8 Å². The second-order valence-electron chi connectivity index (χ2n) is 5.59. The molecule has 0 amide bonds. The topological polar surface area (TPSA) is 41.1 Å². The fraction of sp³-hybridized carbons (Fsp3) is 0.412. The molecule has 1 aromatic carbocycles. The van der Waals surface area contributed by atoms with Crippen molar-refractivity contribution >= 4 is 11.4 Å². The lowest BCUT2D eigenvalue weighted by Gasteiger charge is -2.24. The third kappa shape index (κ3) is 3.39. The summed E-state index contributed by atoms with van der Waals surface area (Å²) in [6, 6.07) is 8.35. The first-order chi connectivity index (χ1) is 10.0. The molecule has 4 nitrogen and oxygen atoms in total. The van der Waals surface area contributed by atoms with E-state index >= 15 is 0 Å². The Morgan fingerprint density at radius 2 is 1.90 bits per heavy atom. The van der Waals surface area contributed by atoms with Crippen LogP contribution in [0.5, 0.6) is 0 Å². The van der Waals surface area contributed by atoms with E-state index in [-0.39, 0.29) is 0 Å². The number of aromatic nitrogens is 2. The van der Waals surface area contributed by atoms with Gasteiger partial charge in [0.15, 0.2) is 0 Å². The van der Waals surface area contributed by atoms with Crippen LogP contribution in [0.3, 0.4) is 0 Å². The van der Waals surface area contributed by atoms with Crippen molar-refractivity contribution in [2.24, 2.45) is 0 Å². The number of aryl methyl sites for hydroxylation is 1. The third-order valence-electron chi connectivity index (χ3n) is 3.56. The number of hydrogen-bond acceptors (Lipinski definition) is 4. The Balaban J connectivity index is 2.45. The predicted octanol–water partition coefficient (Wildman–Crippen LogP) is 3.40. The molecule has 0 saturated carbocycles. The van der Waals surface area contributed by atoms with E-state index in [9.17, 15) is 0 Å². The van der Waals surface area contributed by atoms with Crippen LogP contribution in [0.1, 0.15) is 36.8 Å². The number of nitrogens with one attached hydrogen (secondary N) is 1. The van der Waals surface area contributed by atoms with Crippen molar-refractivity contribution in [2.45, 2.75) is 33.2 Å². The molecule has 1 N–H and O–H groups in total. The van der Waals surface area contributed by atoms with E-state index in [2.05, 4.69) is 67.3 Å². The van der Waals surface area contributed by atoms with Crippen LogP contribution in [0.25, 0.3) is 0 Å². The van der Waals surface area contributed by atoms with E-state index in [0.29, 0.717) is 5.92 Å². The van der Waals surface area contributed by atoms with Crippen LogP contribution in [0.4, 0.5) is 11.4 Å². The van der Waals surface area contributed by atoms with Crippen molar-refractivity contribution in [3.63, 3.8) is 0 Å². The highest BCUT2D eigenvalue weighted by molar-refractivity contribution is 5.66. The lowest BCUT2D eigenvalue weighted by molar-refractivity contribution is 0.725. The summed E-state index contributed by atoms with van der Waals surface area (Å²) < 4.78 is 0. The normalized spacial score (nSPS) is 11.0. The van der Waals surface area contributed by atoms with Crippen LogP contribution in [-0.2, 0) is 6.54 Å². The lowest BCUT2D eigenvalue weighted by Crippen LogP contribution is -2.18. The van der Waals surface area contributed by atoms with Gasteiger partial charge >= 0.3 is 0 Å². The molecule has 0 radical (unpaired) electrons. The fourth-order valence-electron chi connectivity index (χ4n) is 2.35. The number of hydrogen-bond donors (Lipinski definition) is 1. The number of para-hydroxylation sites is 1. The summed E-state index contributed by atoms with van der Waals surface area (Å²) in [7, 11) is 4.00. The van der Waals surface area contributed by atoms with E-state index < -0.39 is 0 Å². The smallest absolute Gasteiger partial charge is 0.131 e. The van der Waals surface area contributed by atoms with Crippen molar-refractivity contribution in [2.75, 3.05) is 19.0 Å². The highest BCUT2D eigenvalue weighted by atomic mass is 15.1. The zero-order chi connectivity index (χ0) is 15.4. The fourth-order valence-corrected chi connectivity index (χ4v) is 2.35. The molecule has 2 rings (SSSR count). The van der Waals surface area contributed by atoms with Gasteiger partial charge in [0.1, 0.15) is 5.82 Å². The SMILES string of the molecule is CNCc1nc(C(C)C)ncc1N(C)c1ccccc1C. The zero-order valence-electron chi connectivity index (χ0n) is 13.5. The van der Waals surface area contributed by atoms with Gasteiger partial charge in [0.05, 0.1) is 17.6 Å². The number of anilines is 2. The van der Waals surface area contributed by atoms with Crippen molar-refractivity contribution in [3.8, 4) is 0 Å². The quantitative estimate of drug-likeness (QED) is 0.913. The molecule has 2 aromatic rings. The van der Waals surface area contributed by atoms with E-state index in [1.807, 2.05) is 13.2 Å². The summed E-state index contributed by atoms with van der Waals surface area (Å²) >= 11 is 0. The molecule has 4 heteroatoms. The van der Waals surface area contributed by atoms with Gasteiger partial charge in [-0.3, -0.25) is 0 Å². The summed E-state index contributed by atoms with van der Waals surface area (Å²) in [5, 5.41) is 3.19. The Kier molecular flexibility index (Phi) is 4.91. The van der Waals surface area contributed by atoms with E-state index in [1.54, 1.807) is 0 Å². The highest BCUT2D eigenvalue weighted by Crippen LogP contribution is 2.28. The van der Waals surface area contributed by atoms with Crippen LogP contribution in [-0.4, -0.2) is 24.1 Å². The molecular weight excluding hydrogens is 260 g/mol. The maximum absolute atomic E-state index is 4.72. The number of nitrogens with zero attached hydrogens (tertiary/aromatic N) is 3. The molecule has 1 aromatic heterocycles. The van der Waals surface area contributed by atoms with Crippen LogP contribution in [0, 0.1) is 6.92 Å². The molecule has 0 fully saturated rings. The second kappa shape index (κ2) is 6.68. The maximum atomic E-state index is 4.72.